The second-order valence-corrected chi connectivity index (χ2v) is 8.64. The Morgan fingerprint density at radius 2 is 1.93 bits per heavy atom. The molecule has 2 saturated heterocycles. The lowest BCUT2D eigenvalue weighted by Gasteiger charge is -2.29. The molecule has 0 radical (unpaired) electrons. The zero-order chi connectivity index (χ0) is 20.6. The highest BCUT2D eigenvalue weighted by Gasteiger charge is 2.56. The normalized spacial score (nSPS) is 29.3. The predicted molar refractivity (Wildman–Crippen MR) is 111 cm³/mol. The third kappa shape index (κ3) is 4.21. The summed E-state index contributed by atoms with van der Waals surface area (Å²) in [5.74, 6) is -0.717. The largest absolute Gasteiger partial charge is 0.390 e. The summed E-state index contributed by atoms with van der Waals surface area (Å²) in [5.41, 5.74) is 2.35. The molecule has 158 valence electrons. The molecule has 0 amide bonds. The van der Waals surface area contributed by atoms with Crippen LogP contribution in [-0.4, -0.2) is 41.6 Å². The van der Waals surface area contributed by atoms with Gasteiger partial charge in [-0.3, -0.25) is 0 Å². The van der Waals surface area contributed by atoms with Crippen molar-refractivity contribution >= 4 is 10.8 Å². The lowest BCUT2D eigenvalue weighted by atomic mass is 9.99. The number of unbranched alkanes of at least 4 members (excludes halogenated alkanes) is 1. The van der Waals surface area contributed by atoms with E-state index in [9.17, 15) is 5.11 Å². The van der Waals surface area contributed by atoms with E-state index in [-0.39, 0.29) is 12.2 Å². The highest BCUT2D eigenvalue weighted by molar-refractivity contribution is 5.86. The van der Waals surface area contributed by atoms with Crippen LogP contribution in [0.3, 0.4) is 0 Å². The summed E-state index contributed by atoms with van der Waals surface area (Å²) in [7, 11) is 0. The van der Waals surface area contributed by atoms with Crippen LogP contribution in [0.5, 0.6) is 0 Å². The Balaban J connectivity index is 1.56. The highest BCUT2D eigenvalue weighted by atomic mass is 16.8. The zero-order valence-electron chi connectivity index (χ0n) is 17.8. The molecule has 5 heteroatoms. The van der Waals surface area contributed by atoms with Crippen LogP contribution in [0.4, 0.5) is 0 Å². The minimum atomic E-state index is -0.717. The molecule has 4 rings (SSSR count). The van der Waals surface area contributed by atoms with E-state index in [1.54, 1.807) is 0 Å². The minimum Gasteiger partial charge on any atom is -0.390 e. The van der Waals surface area contributed by atoms with E-state index in [2.05, 4.69) is 38.1 Å². The van der Waals surface area contributed by atoms with Crippen LogP contribution in [0.15, 0.2) is 36.4 Å². The number of aliphatic hydroxyl groups excluding tert-OH is 1. The Morgan fingerprint density at radius 1 is 1.14 bits per heavy atom. The first-order valence-corrected chi connectivity index (χ1v) is 10.7. The summed E-state index contributed by atoms with van der Waals surface area (Å²) in [4.78, 5) is 0. The van der Waals surface area contributed by atoms with Crippen LogP contribution in [-0.2, 0) is 25.6 Å². The Labute approximate surface area is 172 Å². The van der Waals surface area contributed by atoms with Gasteiger partial charge in [0, 0.05) is 0 Å². The molecular weight excluding hydrogens is 368 g/mol. The van der Waals surface area contributed by atoms with Gasteiger partial charge in [-0.25, -0.2) is 0 Å². The predicted octanol–water partition coefficient (Wildman–Crippen LogP) is 4.46. The lowest BCUT2D eigenvalue weighted by Crippen LogP contribution is -2.42. The molecule has 29 heavy (non-hydrogen) atoms. The van der Waals surface area contributed by atoms with Crippen molar-refractivity contribution in [1.29, 1.82) is 0 Å². The Hall–Kier alpha value is -1.50. The summed E-state index contributed by atoms with van der Waals surface area (Å²) >= 11 is 0. The van der Waals surface area contributed by atoms with E-state index >= 15 is 0 Å². The van der Waals surface area contributed by atoms with Gasteiger partial charge in [-0.15, -0.1) is 0 Å². The van der Waals surface area contributed by atoms with E-state index in [1.807, 2.05) is 26.0 Å². The second kappa shape index (κ2) is 8.32. The van der Waals surface area contributed by atoms with E-state index < -0.39 is 24.3 Å². The van der Waals surface area contributed by atoms with Crippen molar-refractivity contribution in [1.82, 2.24) is 0 Å². The summed E-state index contributed by atoms with van der Waals surface area (Å²) < 4.78 is 24.5. The monoisotopic (exact) mass is 400 g/mol. The van der Waals surface area contributed by atoms with Crippen LogP contribution in [0.1, 0.15) is 51.2 Å². The maximum atomic E-state index is 10.7. The number of aryl methyl sites for hydroxylation is 1. The third-order valence-corrected chi connectivity index (χ3v) is 5.95. The summed E-state index contributed by atoms with van der Waals surface area (Å²) in [6.45, 7) is 8.41. The smallest absolute Gasteiger partial charge is 0.190 e. The van der Waals surface area contributed by atoms with Crippen molar-refractivity contribution in [3.05, 3.63) is 47.5 Å². The first-order valence-electron chi connectivity index (χ1n) is 10.7. The average molecular weight is 401 g/mol. The number of ether oxygens (including phenoxy) is 4. The summed E-state index contributed by atoms with van der Waals surface area (Å²) in [6.07, 6.45) is 0.351. The SMILES string of the molecule is CCCC[C@H](O)[C@H]1O[C@@H]2OC(C)(C)O[C@@H]2[C@H]1OCc1c(C)ccc2ccccc12. The molecule has 0 unspecified atom stereocenters. The van der Waals surface area contributed by atoms with Gasteiger partial charge in [0.05, 0.1) is 12.7 Å². The molecule has 2 aromatic carbocycles. The first kappa shape index (κ1) is 20.8. The van der Waals surface area contributed by atoms with Crippen molar-refractivity contribution in [3.8, 4) is 0 Å². The molecular formula is C24H32O5. The number of hydrogen-bond donors (Lipinski definition) is 1. The van der Waals surface area contributed by atoms with Crippen molar-refractivity contribution < 1.29 is 24.1 Å². The van der Waals surface area contributed by atoms with Crippen molar-refractivity contribution in [2.24, 2.45) is 0 Å². The fourth-order valence-electron chi connectivity index (χ4n) is 4.40. The molecule has 0 aliphatic carbocycles. The summed E-state index contributed by atoms with van der Waals surface area (Å²) in [6, 6.07) is 12.6. The standard InChI is InChI=1S/C24H32O5/c1-5-6-11-19(25)20-21(22-23(27-20)29-24(3,4)28-22)26-14-18-15(2)12-13-16-9-7-8-10-17(16)18/h7-10,12-13,19-23,25H,5-6,11,14H2,1-4H3/t19-,20+,21-,22+,23+/m0/s1. The number of rotatable bonds is 7. The molecule has 2 aromatic rings. The minimum absolute atomic E-state index is 0.346. The Bertz CT molecular complexity index is 848. The molecule has 0 aromatic heterocycles. The molecule has 2 fully saturated rings. The second-order valence-electron chi connectivity index (χ2n) is 8.64. The molecule has 2 aliphatic rings. The van der Waals surface area contributed by atoms with Crippen molar-refractivity contribution in [2.45, 2.75) is 90.1 Å². The van der Waals surface area contributed by atoms with Crippen LogP contribution in [0, 0.1) is 6.92 Å². The Kier molecular flexibility index (Phi) is 5.96. The number of hydrogen-bond acceptors (Lipinski definition) is 5. The summed E-state index contributed by atoms with van der Waals surface area (Å²) in [5, 5.41) is 13.1. The number of benzene rings is 2. The fourth-order valence-corrected chi connectivity index (χ4v) is 4.40. The van der Waals surface area contributed by atoms with Crippen molar-refractivity contribution in [2.75, 3.05) is 0 Å². The quantitative estimate of drug-likeness (QED) is 0.744. The van der Waals surface area contributed by atoms with E-state index in [0.717, 1.165) is 18.4 Å². The number of aliphatic hydroxyl groups is 1. The molecule has 5 nitrogen and oxygen atoms in total. The maximum Gasteiger partial charge on any atom is 0.190 e. The van der Waals surface area contributed by atoms with Crippen LogP contribution in [0.2, 0.25) is 0 Å². The molecule has 2 aliphatic heterocycles. The number of fused-ring (bicyclic) bond motifs is 2. The first-order chi connectivity index (χ1) is 13.9. The fraction of sp³-hybridized carbons (Fsp3) is 0.583. The van der Waals surface area contributed by atoms with Crippen LogP contribution in [0.25, 0.3) is 10.8 Å². The maximum absolute atomic E-state index is 10.7. The topological polar surface area (TPSA) is 57.2 Å². The van der Waals surface area contributed by atoms with Gasteiger partial charge in [-0.05, 0) is 49.1 Å². The highest BCUT2D eigenvalue weighted by Crippen LogP contribution is 2.40. The average Bonchev–Trinajstić information content (AvgIpc) is 3.17. The van der Waals surface area contributed by atoms with Gasteiger partial charge in [0.1, 0.15) is 18.3 Å². The van der Waals surface area contributed by atoms with Crippen LogP contribution < -0.4 is 0 Å². The molecule has 0 bridgehead atoms. The van der Waals surface area contributed by atoms with Crippen molar-refractivity contribution in [3.63, 3.8) is 0 Å². The van der Waals surface area contributed by atoms with Gasteiger partial charge in [0.2, 0.25) is 0 Å². The van der Waals surface area contributed by atoms with E-state index in [0.29, 0.717) is 13.0 Å². The molecule has 2 heterocycles. The van der Waals surface area contributed by atoms with Gasteiger partial charge < -0.3 is 24.1 Å². The van der Waals surface area contributed by atoms with Gasteiger partial charge in [0.25, 0.3) is 0 Å². The lowest BCUT2D eigenvalue weighted by molar-refractivity contribution is -0.230. The van der Waals surface area contributed by atoms with Gasteiger partial charge in [0.15, 0.2) is 12.1 Å². The Morgan fingerprint density at radius 3 is 2.72 bits per heavy atom. The molecule has 0 saturated carbocycles. The van der Waals surface area contributed by atoms with Gasteiger partial charge in [-0.1, -0.05) is 56.2 Å². The van der Waals surface area contributed by atoms with E-state index in [4.69, 9.17) is 18.9 Å². The van der Waals surface area contributed by atoms with Crippen LogP contribution >= 0.6 is 0 Å². The molecule has 1 N–H and O–H groups in total. The van der Waals surface area contributed by atoms with Gasteiger partial charge in [-0.2, -0.15) is 0 Å². The zero-order valence-corrected chi connectivity index (χ0v) is 17.8. The molecule has 0 spiro atoms. The molecule has 5 atom stereocenters. The van der Waals surface area contributed by atoms with Gasteiger partial charge >= 0.3 is 0 Å². The third-order valence-electron chi connectivity index (χ3n) is 5.95. The van der Waals surface area contributed by atoms with E-state index in [1.165, 1.54) is 16.3 Å².